The van der Waals surface area contributed by atoms with Gasteiger partial charge in [0.05, 0.1) is 13.2 Å². The third kappa shape index (κ3) is 8.03. The Balaban J connectivity index is 1.74. The van der Waals surface area contributed by atoms with Crippen molar-refractivity contribution in [2.45, 2.75) is 39.5 Å². The van der Waals surface area contributed by atoms with E-state index in [1.165, 1.54) is 19.3 Å². The molecule has 0 aliphatic carbocycles. The molecule has 0 bridgehead atoms. The molecule has 5 heteroatoms. The van der Waals surface area contributed by atoms with Crippen molar-refractivity contribution in [3.05, 3.63) is 48.5 Å². The lowest BCUT2D eigenvalue weighted by Gasteiger charge is -2.10. The third-order valence-corrected chi connectivity index (χ3v) is 3.89. The second kappa shape index (κ2) is 11.8. The second-order valence-corrected chi connectivity index (χ2v) is 6.18. The Morgan fingerprint density at radius 1 is 0.852 bits per heavy atom. The van der Waals surface area contributed by atoms with Gasteiger partial charge in [-0.2, -0.15) is 0 Å². The molecular weight excluding hydrogens is 342 g/mol. The van der Waals surface area contributed by atoms with E-state index in [-0.39, 0.29) is 12.5 Å². The summed E-state index contributed by atoms with van der Waals surface area (Å²) in [6, 6.07) is 14.6. The summed E-state index contributed by atoms with van der Waals surface area (Å²) in [5.41, 5.74) is 0.705. The Morgan fingerprint density at radius 2 is 1.59 bits per heavy atom. The molecule has 0 fully saturated rings. The lowest BCUT2D eigenvalue weighted by atomic mass is 10.2. The number of amides is 1. The highest BCUT2D eigenvalue weighted by atomic mass is 16.5. The van der Waals surface area contributed by atoms with Gasteiger partial charge < -0.3 is 19.5 Å². The van der Waals surface area contributed by atoms with E-state index in [1.807, 2.05) is 43.3 Å². The van der Waals surface area contributed by atoms with Gasteiger partial charge in [-0.05, 0) is 49.7 Å². The Labute approximate surface area is 161 Å². The van der Waals surface area contributed by atoms with Crippen LogP contribution in [0.3, 0.4) is 0 Å². The molecule has 0 aliphatic heterocycles. The van der Waals surface area contributed by atoms with Crippen molar-refractivity contribution >= 4 is 11.6 Å². The summed E-state index contributed by atoms with van der Waals surface area (Å²) in [5, 5.41) is 2.80. The zero-order valence-corrected chi connectivity index (χ0v) is 16.2. The Hall–Kier alpha value is -2.69. The Bertz CT molecular complexity index is 685. The number of anilines is 1. The summed E-state index contributed by atoms with van der Waals surface area (Å²) in [4.78, 5) is 12.1. The number of ether oxygens (including phenoxy) is 3. The molecule has 0 saturated heterocycles. The van der Waals surface area contributed by atoms with Gasteiger partial charge in [0.2, 0.25) is 0 Å². The van der Waals surface area contributed by atoms with E-state index in [0.29, 0.717) is 24.7 Å². The molecule has 1 N–H and O–H groups in total. The molecule has 0 radical (unpaired) electrons. The molecule has 0 saturated carbocycles. The maximum atomic E-state index is 12.1. The van der Waals surface area contributed by atoms with Gasteiger partial charge in [0.1, 0.15) is 17.2 Å². The van der Waals surface area contributed by atoms with Gasteiger partial charge in [-0.3, -0.25) is 4.79 Å². The predicted molar refractivity (Wildman–Crippen MR) is 108 cm³/mol. The fraction of sp³-hybridized carbons (Fsp3) is 0.409. The minimum atomic E-state index is -0.218. The van der Waals surface area contributed by atoms with Crippen LogP contribution in [0.1, 0.15) is 39.5 Å². The highest BCUT2D eigenvalue weighted by Gasteiger charge is 2.05. The van der Waals surface area contributed by atoms with E-state index in [1.54, 1.807) is 12.1 Å². The molecule has 0 atom stereocenters. The fourth-order valence-corrected chi connectivity index (χ4v) is 2.52. The van der Waals surface area contributed by atoms with Crippen LogP contribution in [0.2, 0.25) is 0 Å². The van der Waals surface area contributed by atoms with E-state index in [0.717, 1.165) is 17.9 Å². The van der Waals surface area contributed by atoms with Crippen molar-refractivity contribution in [3.63, 3.8) is 0 Å². The molecular formula is C22H29NO4. The summed E-state index contributed by atoms with van der Waals surface area (Å²) >= 11 is 0. The molecule has 2 rings (SSSR count). The smallest absolute Gasteiger partial charge is 0.262 e. The number of hydrogen-bond donors (Lipinski definition) is 1. The Kier molecular flexibility index (Phi) is 9.04. The van der Waals surface area contributed by atoms with Gasteiger partial charge >= 0.3 is 0 Å². The number of hydrogen-bond acceptors (Lipinski definition) is 4. The van der Waals surface area contributed by atoms with Crippen molar-refractivity contribution in [1.82, 2.24) is 0 Å². The maximum Gasteiger partial charge on any atom is 0.262 e. The van der Waals surface area contributed by atoms with E-state index in [2.05, 4.69) is 12.2 Å². The highest BCUT2D eigenvalue weighted by molar-refractivity contribution is 5.91. The molecule has 2 aromatic carbocycles. The zero-order valence-electron chi connectivity index (χ0n) is 16.2. The predicted octanol–water partition coefficient (Wildman–Crippen LogP) is 5.06. The van der Waals surface area contributed by atoms with E-state index >= 15 is 0 Å². The van der Waals surface area contributed by atoms with Crippen LogP contribution in [0, 0.1) is 0 Å². The molecule has 0 heterocycles. The quantitative estimate of drug-likeness (QED) is 0.530. The monoisotopic (exact) mass is 371 g/mol. The van der Waals surface area contributed by atoms with Crippen LogP contribution in [-0.2, 0) is 4.79 Å². The number of benzene rings is 2. The number of rotatable bonds is 12. The first-order valence-electron chi connectivity index (χ1n) is 9.59. The van der Waals surface area contributed by atoms with Gasteiger partial charge in [0.15, 0.2) is 6.61 Å². The highest BCUT2D eigenvalue weighted by Crippen LogP contribution is 2.20. The lowest BCUT2D eigenvalue weighted by molar-refractivity contribution is -0.118. The van der Waals surface area contributed by atoms with Crippen molar-refractivity contribution < 1.29 is 19.0 Å². The van der Waals surface area contributed by atoms with Crippen LogP contribution in [0.5, 0.6) is 17.2 Å². The number of carbonyl (C=O) groups is 1. The van der Waals surface area contributed by atoms with Gasteiger partial charge in [0.25, 0.3) is 5.91 Å². The van der Waals surface area contributed by atoms with Crippen LogP contribution in [0.15, 0.2) is 48.5 Å². The first-order chi connectivity index (χ1) is 13.2. The molecule has 0 aliphatic rings. The number of carbonyl (C=O) groups excluding carboxylic acids is 1. The second-order valence-electron chi connectivity index (χ2n) is 6.18. The average molecular weight is 371 g/mol. The van der Waals surface area contributed by atoms with Crippen LogP contribution >= 0.6 is 0 Å². The molecule has 27 heavy (non-hydrogen) atoms. The number of unbranched alkanes of at least 4 members (excludes halogenated alkanes) is 3. The number of nitrogens with one attached hydrogen (secondary N) is 1. The normalized spacial score (nSPS) is 10.3. The molecule has 0 spiro atoms. The average Bonchev–Trinajstić information content (AvgIpc) is 2.68. The molecule has 146 valence electrons. The van der Waals surface area contributed by atoms with Crippen LogP contribution in [-0.4, -0.2) is 25.7 Å². The molecule has 1 amide bonds. The molecule has 0 aromatic heterocycles. The molecule has 5 nitrogen and oxygen atoms in total. The van der Waals surface area contributed by atoms with Gasteiger partial charge in [0, 0.05) is 11.8 Å². The van der Waals surface area contributed by atoms with Crippen LogP contribution in [0.25, 0.3) is 0 Å². The summed E-state index contributed by atoms with van der Waals surface area (Å²) in [6.45, 7) is 5.36. The van der Waals surface area contributed by atoms with Gasteiger partial charge in [-0.1, -0.05) is 32.3 Å². The fourth-order valence-electron chi connectivity index (χ4n) is 2.52. The summed E-state index contributed by atoms with van der Waals surface area (Å²) in [5.74, 6) is 1.93. The van der Waals surface area contributed by atoms with Crippen molar-refractivity contribution in [2.24, 2.45) is 0 Å². The summed E-state index contributed by atoms with van der Waals surface area (Å²) in [6.07, 6.45) is 4.67. The zero-order chi connectivity index (χ0) is 19.3. The standard InChI is InChI=1S/C22H29NO4/c1-3-5-6-7-15-26-20-9-8-10-21(16-20)27-17-22(24)23-18-11-13-19(14-12-18)25-4-2/h8-14,16H,3-7,15,17H2,1-2H3,(H,23,24). The van der Waals surface area contributed by atoms with Gasteiger partial charge in [-0.15, -0.1) is 0 Å². The molecule has 2 aromatic rings. The van der Waals surface area contributed by atoms with Crippen molar-refractivity contribution in [2.75, 3.05) is 25.1 Å². The third-order valence-electron chi connectivity index (χ3n) is 3.89. The topological polar surface area (TPSA) is 56.8 Å². The van der Waals surface area contributed by atoms with Crippen molar-refractivity contribution in [3.8, 4) is 17.2 Å². The van der Waals surface area contributed by atoms with Crippen LogP contribution in [0.4, 0.5) is 5.69 Å². The summed E-state index contributed by atoms with van der Waals surface area (Å²) in [7, 11) is 0. The van der Waals surface area contributed by atoms with Crippen LogP contribution < -0.4 is 19.5 Å². The first-order valence-corrected chi connectivity index (χ1v) is 9.59. The SMILES string of the molecule is CCCCCCOc1cccc(OCC(=O)Nc2ccc(OCC)cc2)c1. The lowest BCUT2D eigenvalue weighted by Crippen LogP contribution is -2.20. The van der Waals surface area contributed by atoms with E-state index in [9.17, 15) is 4.79 Å². The minimum Gasteiger partial charge on any atom is -0.494 e. The largest absolute Gasteiger partial charge is 0.494 e. The first kappa shape index (κ1) is 20.6. The van der Waals surface area contributed by atoms with E-state index in [4.69, 9.17) is 14.2 Å². The van der Waals surface area contributed by atoms with Crippen molar-refractivity contribution in [1.29, 1.82) is 0 Å². The molecule has 0 unspecified atom stereocenters. The Morgan fingerprint density at radius 3 is 2.30 bits per heavy atom. The summed E-state index contributed by atoms with van der Waals surface area (Å²) < 4.78 is 16.7. The van der Waals surface area contributed by atoms with E-state index < -0.39 is 0 Å². The van der Waals surface area contributed by atoms with Gasteiger partial charge in [-0.25, -0.2) is 0 Å². The minimum absolute atomic E-state index is 0.0623. The maximum absolute atomic E-state index is 12.1.